The molecule has 1 aromatic carbocycles. The second kappa shape index (κ2) is 7.98. The highest BCUT2D eigenvalue weighted by Gasteiger charge is 2.23. The molecule has 0 aliphatic carbocycles. The van der Waals surface area contributed by atoms with Crippen LogP contribution in [0.5, 0.6) is 0 Å². The Hall–Kier alpha value is -2.92. The Labute approximate surface area is 165 Å². The summed E-state index contributed by atoms with van der Waals surface area (Å²) in [6.45, 7) is 8.01. The molecule has 1 aliphatic heterocycles. The number of amides is 1. The smallest absolute Gasteiger partial charge is 0.253 e. The molecule has 5 nitrogen and oxygen atoms in total. The Balaban J connectivity index is 1.44. The minimum atomic E-state index is 0.0869. The van der Waals surface area contributed by atoms with Gasteiger partial charge in [0.15, 0.2) is 0 Å². The van der Waals surface area contributed by atoms with Crippen molar-refractivity contribution in [3.05, 3.63) is 77.4 Å². The van der Waals surface area contributed by atoms with Gasteiger partial charge < -0.3 is 9.32 Å². The van der Waals surface area contributed by atoms with Crippen LogP contribution in [0.15, 0.2) is 59.2 Å². The number of carbonyl (C=O) groups is 1. The van der Waals surface area contributed by atoms with E-state index in [1.54, 1.807) is 6.26 Å². The van der Waals surface area contributed by atoms with Gasteiger partial charge in [-0.25, -0.2) is 0 Å². The predicted molar refractivity (Wildman–Crippen MR) is 109 cm³/mol. The lowest BCUT2D eigenvalue weighted by Gasteiger charge is -2.34. The Morgan fingerprint density at radius 1 is 1.04 bits per heavy atom. The Morgan fingerprint density at radius 3 is 2.57 bits per heavy atom. The van der Waals surface area contributed by atoms with Gasteiger partial charge >= 0.3 is 0 Å². The third-order valence-corrected chi connectivity index (χ3v) is 5.12. The van der Waals surface area contributed by atoms with Gasteiger partial charge in [0, 0.05) is 43.0 Å². The summed E-state index contributed by atoms with van der Waals surface area (Å²) in [6, 6.07) is 15.8. The zero-order chi connectivity index (χ0) is 19.5. The maximum absolute atomic E-state index is 13.0. The molecule has 2 aromatic heterocycles. The first kappa shape index (κ1) is 18.4. The summed E-state index contributed by atoms with van der Waals surface area (Å²) in [5, 5.41) is 0. The number of pyridine rings is 1. The monoisotopic (exact) mass is 375 g/mol. The number of aromatic nitrogens is 1. The summed E-state index contributed by atoms with van der Waals surface area (Å²) in [4.78, 5) is 21.9. The van der Waals surface area contributed by atoms with Crippen LogP contribution < -0.4 is 0 Å². The zero-order valence-corrected chi connectivity index (χ0v) is 16.4. The summed E-state index contributed by atoms with van der Waals surface area (Å²) in [5.74, 6) is 1.05. The summed E-state index contributed by atoms with van der Waals surface area (Å²) < 4.78 is 5.42. The molecular formula is C23H25N3O2. The van der Waals surface area contributed by atoms with Crippen molar-refractivity contribution in [1.29, 1.82) is 0 Å². The van der Waals surface area contributed by atoms with Crippen molar-refractivity contribution in [1.82, 2.24) is 14.8 Å². The molecule has 3 aromatic rings. The molecule has 0 saturated carbocycles. The lowest BCUT2D eigenvalue weighted by atomic mass is 10.0. The average Bonchev–Trinajstić information content (AvgIpc) is 3.20. The van der Waals surface area contributed by atoms with E-state index in [9.17, 15) is 4.79 Å². The molecule has 144 valence electrons. The molecule has 1 fully saturated rings. The maximum atomic E-state index is 13.0. The molecule has 0 spiro atoms. The van der Waals surface area contributed by atoms with Crippen molar-refractivity contribution >= 4 is 5.91 Å². The van der Waals surface area contributed by atoms with E-state index in [2.05, 4.69) is 28.9 Å². The van der Waals surface area contributed by atoms with Crippen molar-refractivity contribution in [3.8, 4) is 11.3 Å². The first-order valence-electron chi connectivity index (χ1n) is 9.68. The molecule has 1 saturated heterocycles. The first-order chi connectivity index (χ1) is 13.6. The topological polar surface area (TPSA) is 49.6 Å². The van der Waals surface area contributed by atoms with Crippen molar-refractivity contribution < 1.29 is 9.21 Å². The number of piperazine rings is 1. The zero-order valence-electron chi connectivity index (χ0n) is 16.4. The summed E-state index contributed by atoms with van der Waals surface area (Å²) in [6.07, 6.45) is 1.70. The molecule has 0 atom stereocenters. The first-order valence-corrected chi connectivity index (χ1v) is 9.68. The predicted octanol–water partition coefficient (Wildman–Crippen LogP) is 3.92. The second-order valence-corrected chi connectivity index (χ2v) is 7.40. The third-order valence-electron chi connectivity index (χ3n) is 5.12. The fourth-order valence-corrected chi connectivity index (χ4v) is 3.72. The standard InChI is InChI=1S/C23H25N3O2/c1-17-13-18(2)24-22(14-17)19-5-3-6-20(15-19)23(27)26-10-8-25(9-11-26)16-21-7-4-12-28-21/h3-7,12-15H,8-11,16H2,1-2H3. The number of carbonyl (C=O) groups excluding carboxylic acids is 1. The number of benzene rings is 1. The third kappa shape index (κ3) is 4.15. The van der Waals surface area contributed by atoms with Crippen LogP contribution in [0, 0.1) is 13.8 Å². The van der Waals surface area contributed by atoms with Crippen molar-refractivity contribution in [3.63, 3.8) is 0 Å². The second-order valence-electron chi connectivity index (χ2n) is 7.40. The Bertz CT molecular complexity index is 937. The number of hydrogen-bond acceptors (Lipinski definition) is 4. The normalized spacial score (nSPS) is 15.0. The minimum Gasteiger partial charge on any atom is -0.468 e. The molecule has 28 heavy (non-hydrogen) atoms. The van der Waals surface area contributed by atoms with Gasteiger partial charge in [-0.3, -0.25) is 14.7 Å². The number of hydrogen-bond donors (Lipinski definition) is 0. The van der Waals surface area contributed by atoms with Crippen LogP contribution in [-0.4, -0.2) is 46.9 Å². The summed E-state index contributed by atoms with van der Waals surface area (Å²) in [5.41, 5.74) is 4.77. The highest BCUT2D eigenvalue weighted by Crippen LogP contribution is 2.21. The van der Waals surface area contributed by atoms with E-state index in [0.29, 0.717) is 0 Å². The Morgan fingerprint density at radius 2 is 1.86 bits per heavy atom. The van der Waals surface area contributed by atoms with Crippen LogP contribution in [0.25, 0.3) is 11.3 Å². The quantitative estimate of drug-likeness (QED) is 0.694. The van der Waals surface area contributed by atoms with Gasteiger partial charge in [0.05, 0.1) is 18.5 Å². The fourth-order valence-electron chi connectivity index (χ4n) is 3.72. The van der Waals surface area contributed by atoms with Gasteiger partial charge in [0.25, 0.3) is 5.91 Å². The molecule has 0 radical (unpaired) electrons. The molecule has 4 rings (SSSR count). The van der Waals surface area contributed by atoms with Crippen LogP contribution in [0.4, 0.5) is 0 Å². The molecule has 1 aliphatic rings. The van der Waals surface area contributed by atoms with Crippen LogP contribution >= 0.6 is 0 Å². The minimum absolute atomic E-state index is 0.0869. The highest BCUT2D eigenvalue weighted by atomic mass is 16.3. The molecule has 1 amide bonds. The van der Waals surface area contributed by atoms with Crippen LogP contribution in [-0.2, 0) is 6.54 Å². The van der Waals surface area contributed by atoms with Crippen LogP contribution in [0.2, 0.25) is 0 Å². The maximum Gasteiger partial charge on any atom is 0.253 e. The molecular weight excluding hydrogens is 350 g/mol. The largest absolute Gasteiger partial charge is 0.468 e. The van der Waals surface area contributed by atoms with E-state index in [1.807, 2.05) is 48.2 Å². The van der Waals surface area contributed by atoms with Crippen molar-refractivity contribution in [2.75, 3.05) is 26.2 Å². The van der Waals surface area contributed by atoms with Gasteiger partial charge in [0.1, 0.15) is 5.76 Å². The van der Waals surface area contributed by atoms with Crippen LogP contribution in [0.3, 0.4) is 0 Å². The lowest BCUT2D eigenvalue weighted by Crippen LogP contribution is -2.48. The van der Waals surface area contributed by atoms with Gasteiger partial charge in [-0.15, -0.1) is 0 Å². The molecule has 0 bridgehead atoms. The van der Waals surface area contributed by atoms with Gasteiger partial charge in [-0.05, 0) is 55.8 Å². The van der Waals surface area contributed by atoms with Crippen LogP contribution in [0.1, 0.15) is 27.4 Å². The Kier molecular flexibility index (Phi) is 5.26. The van der Waals surface area contributed by atoms with Gasteiger partial charge in [0.2, 0.25) is 0 Å². The number of aryl methyl sites for hydroxylation is 2. The van der Waals surface area contributed by atoms with Gasteiger partial charge in [-0.2, -0.15) is 0 Å². The number of nitrogens with zero attached hydrogens (tertiary/aromatic N) is 3. The van der Waals surface area contributed by atoms with Gasteiger partial charge in [-0.1, -0.05) is 12.1 Å². The highest BCUT2D eigenvalue weighted by molar-refractivity contribution is 5.95. The number of furan rings is 1. The van der Waals surface area contributed by atoms with E-state index >= 15 is 0 Å². The molecule has 0 unspecified atom stereocenters. The lowest BCUT2D eigenvalue weighted by molar-refractivity contribution is 0.0620. The molecule has 3 heterocycles. The van der Waals surface area contributed by atoms with E-state index in [1.165, 1.54) is 5.56 Å². The number of rotatable bonds is 4. The van der Waals surface area contributed by atoms with E-state index < -0.39 is 0 Å². The summed E-state index contributed by atoms with van der Waals surface area (Å²) >= 11 is 0. The fraction of sp³-hybridized carbons (Fsp3) is 0.304. The van der Waals surface area contributed by atoms with E-state index in [4.69, 9.17) is 4.42 Å². The van der Waals surface area contributed by atoms with E-state index in [0.717, 1.165) is 61.0 Å². The molecule has 0 N–H and O–H groups in total. The SMILES string of the molecule is Cc1cc(C)nc(-c2cccc(C(=O)N3CCN(Cc4ccco4)CC3)c2)c1. The molecule has 5 heteroatoms. The average molecular weight is 375 g/mol. The summed E-state index contributed by atoms with van der Waals surface area (Å²) in [7, 11) is 0. The van der Waals surface area contributed by atoms with Crippen molar-refractivity contribution in [2.24, 2.45) is 0 Å². The van der Waals surface area contributed by atoms with E-state index in [-0.39, 0.29) is 5.91 Å². The van der Waals surface area contributed by atoms with Crippen molar-refractivity contribution in [2.45, 2.75) is 20.4 Å².